The summed E-state index contributed by atoms with van der Waals surface area (Å²) in [5.41, 5.74) is 9.18. The van der Waals surface area contributed by atoms with Crippen LogP contribution in [0.4, 0.5) is 5.69 Å². The number of hydrogen-bond donors (Lipinski definition) is 0. The number of carbonyl (C=O) groups is 1. The molecule has 1 saturated heterocycles. The van der Waals surface area contributed by atoms with Gasteiger partial charge in [0.15, 0.2) is 11.4 Å². The minimum atomic E-state index is 0.0185. The second-order valence-electron chi connectivity index (χ2n) is 12.4. The smallest absolute Gasteiger partial charge is 0.155 e. The normalized spacial score (nSPS) is 14.3. The molecule has 1 atom stereocenters. The number of benzene rings is 1. The van der Waals surface area contributed by atoms with Gasteiger partial charge in [0.1, 0.15) is 18.2 Å². The molecule has 232 valence electrons. The van der Waals surface area contributed by atoms with Crippen molar-refractivity contribution in [2.24, 2.45) is 11.3 Å². The largest absolute Gasteiger partial charge is 0.368 e. The van der Waals surface area contributed by atoms with E-state index < -0.39 is 0 Å². The lowest BCUT2D eigenvalue weighted by Gasteiger charge is -2.52. The first-order valence-electron chi connectivity index (χ1n) is 15.6. The monoisotopic (exact) mass is 593 g/mol. The summed E-state index contributed by atoms with van der Waals surface area (Å²) in [5.74, 6) is 1.21. The maximum absolute atomic E-state index is 9.69. The number of carbonyl (C=O) groups excluding carboxylic acids is 1. The predicted molar refractivity (Wildman–Crippen MR) is 179 cm³/mol. The van der Waals surface area contributed by atoms with Gasteiger partial charge in [-0.25, -0.2) is 19.0 Å². The lowest BCUT2D eigenvalue weighted by molar-refractivity contribution is -0.112. The van der Waals surface area contributed by atoms with Crippen LogP contribution in [0.25, 0.3) is 11.2 Å². The third kappa shape index (κ3) is 7.59. The Morgan fingerprint density at radius 2 is 1.73 bits per heavy atom. The number of fused-ring (bicyclic) bond motifs is 2. The zero-order valence-electron chi connectivity index (χ0n) is 27.4. The Morgan fingerprint density at radius 3 is 2.36 bits per heavy atom. The van der Waals surface area contributed by atoms with Crippen LogP contribution in [0, 0.1) is 25.2 Å². The zero-order chi connectivity index (χ0) is 31.9. The average molecular weight is 594 g/mol. The summed E-state index contributed by atoms with van der Waals surface area (Å²) in [4.78, 5) is 20.6. The molecule has 1 unspecified atom stereocenters. The van der Waals surface area contributed by atoms with Crippen LogP contribution >= 0.6 is 0 Å². The molecular weight excluding hydrogens is 546 g/mol. The molecule has 1 fully saturated rings. The first-order valence-corrected chi connectivity index (χ1v) is 15.6. The van der Waals surface area contributed by atoms with Crippen molar-refractivity contribution >= 4 is 22.6 Å². The molecule has 0 bridgehead atoms. The summed E-state index contributed by atoms with van der Waals surface area (Å²) < 4.78 is 3.70. The van der Waals surface area contributed by atoms with Crippen LogP contribution in [0.15, 0.2) is 80.3 Å². The molecule has 8 heteroatoms. The molecule has 0 amide bonds. The van der Waals surface area contributed by atoms with Crippen molar-refractivity contribution in [2.75, 3.05) is 18.0 Å². The number of ketones is 1. The van der Waals surface area contributed by atoms with E-state index in [0.717, 1.165) is 36.6 Å². The van der Waals surface area contributed by atoms with E-state index in [1.165, 1.54) is 53.8 Å². The number of aromatic nitrogens is 6. The maximum atomic E-state index is 9.69. The third-order valence-corrected chi connectivity index (χ3v) is 8.51. The molecular formula is C36H47N7O. The topological polar surface area (TPSA) is 80.7 Å². The van der Waals surface area contributed by atoms with E-state index in [2.05, 4.69) is 110 Å². The van der Waals surface area contributed by atoms with Crippen LogP contribution in [0.3, 0.4) is 0 Å². The van der Waals surface area contributed by atoms with E-state index in [-0.39, 0.29) is 5.78 Å². The fourth-order valence-corrected chi connectivity index (χ4v) is 6.30. The van der Waals surface area contributed by atoms with E-state index >= 15 is 0 Å². The minimum absolute atomic E-state index is 0.0185. The van der Waals surface area contributed by atoms with Gasteiger partial charge >= 0.3 is 0 Å². The lowest BCUT2D eigenvalue weighted by Crippen LogP contribution is -2.56. The van der Waals surface area contributed by atoms with Gasteiger partial charge in [0.2, 0.25) is 0 Å². The van der Waals surface area contributed by atoms with Crippen LogP contribution in [-0.4, -0.2) is 48.1 Å². The molecule has 1 aliphatic heterocycles. The van der Waals surface area contributed by atoms with E-state index in [1.54, 1.807) is 17.2 Å². The number of nitrogens with zero attached hydrogens (tertiary/aromatic N) is 7. The Bertz CT molecular complexity index is 1690. The predicted octanol–water partition coefficient (Wildman–Crippen LogP) is 7.64. The first-order chi connectivity index (χ1) is 21.1. The second kappa shape index (κ2) is 14.4. The van der Waals surface area contributed by atoms with Gasteiger partial charge in [0.25, 0.3) is 0 Å². The molecule has 6 rings (SSSR count). The number of hydrogen-bond acceptors (Lipinski definition) is 6. The molecule has 1 aliphatic rings. The summed E-state index contributed by atoms with van der Waals surface area (Å²) >= 11 is 0. The minimum Gasteiger partial charge on any atom is -0.368 e. The van der Waals surface area contributed by atoms with Gasteiger partial charge < -0.3 is 4.90 Å². The fraction of sp³-hybridized carbons (Fsp3) is 0.417. The number of aryl methyl sites for hydroxylation is 2. The van der Waals surface area contributed by atoms with Gasteiger partial charge in [-0.1, -0.05) is 58.0 Å². The molecule has 0 saturated carbocycles. The van der Waals surface area contributed by atoms with Crippen LogP contribution in [0.2, 0.25) is 0 Å². The van der Waals surface area contributed by atoms with Crippen LogP contribution in [-0.2, 0) is 4.79 Å². The highest BCUT2D eigenvalue weighted by molar-refractivity contribution is 5.86. The number of rotatable bonds is 8. The second-order valence-corrected chi connectivity index (χ2v) is 12.4. The Morgan fingerprint density at radius 1 is 1.02 bits per heavy atom. The zero-order valence-corrected chi connectivity index (χ0v) is 27.4. The Hall–Kier alpha value is -4.33. The fourth-order valence-electron chi connectivity index (χ4n) is 6.30. The molecule has 0 spiro atoms. The van der Waals surface area contributed by atoms with Crippen molar-refractivity contribution in [1.29, 1.82) is 0 Å². The van der Waals surface area contributed by atoms with Crippen LogP contribution in [0.1, 0.15) is 82.1 Å². The standard InChI is InChI=1S/C17H19N3.C15H22N4.C4H6O/c1-4-15(16-6-5-12(2)9-13(16)3)14-7-8-20-17(10-14)18-11-19-20;1-4-15(7-12(2)3)9-18(10-15)13-5-6-19-14(13)8-16-11-17-19;1-3-4(2)5/h5-11,15H,4H2,1-3H3;5-6,8,11-12H,4,7,9-10H2,1-3H3;3H,1H2,2H3. The number of allylic oxidation sites excluding steroid dienone is 1. The van der Waals surface area contributed by atoms with Crippen LogP contribution < -0.4 is 4.90 Å². The SMILES string of the molecule is C=CC(C)=O.CCC(c1ccn2ncnc2c1)c1ccc(C)cc1C.CCC1(CC(C)C)CN(c2ccn3ncncc23)C1. The quantitative estimate of drug-likeness (QED) is 0.172. The summed E-state index contributed by atoms with van der Waals surface area (Å²) in [6.45, 7) is 20.5. The summed E-state index contributed by atoms with van der Waals surface area (Å²) in [7, 11) is 0. The molecule has 5 heterocycles. The molecule has 0 radical (unpaired) electrons. The van der Waals surface area contributed by atoms with Crippen molar-refractivity contribution in [3.63, 3.8) is 0 Å². The Kier molecular flexibility index (Phi) is 10.7. The average Bonchev–Trinajstić information content (AvgIpc) is 3.64. The first kappa shape index (κ1) is 32.6. The van der Waals surface area contributed by atoms with Gasteiger partial charge in [-0.05, 0) is 86.9 Å². The van der Waals surface area contributed by atoms with E-state index in [4.69, 9.17) is 0 Å². The van der Waals surface area contributed by atoms with E-state index in [9.17, 15) is 4.79 Å². The molecule has 1 aromatic carbocycles. The Labute approximate surface area is 261 Å². The maximum Gasteiger partial charge on any atom is 0.155 e. The molecule has 0 N–H and O–H groups in total. The molecule has 44 heavy (non-hydrogen) atoms. The number of anilines is 1. The molecule has 8 nitrogen and oxygen atoms in total. The van der Waals surface area contributed by atoms with Crippen molar-refractivity contribution < 1.29 is 4.79 Å². The van der Waals surface area contributed by atoms with Crippen molar-refractivity contribution in [3.8, 4) is 0 Å². The highest BCUT2D eigenvalue weighted by atomic mass is 16.1. The van der Waals surface area contributed by atoms with Crippen molar-refractivity contribution in [2.45, 2.75) is 73.6 Å². The van der Waals surface area contributed by atoms with Crippen LogP contribution in [0.5, 0.6) is 0 Å². The molecule has 5 aromatic rings. The third-order valence-electron chi connectivity index (χ3n) is 8.51. The van der Waals surface area contributed by atoms with Gasteiger partial charge in [0, 0.05) is 36.8 Å². The molecule has 0 aliphatic carbocycles. The van der Waals surface area contributed by atoms with E-state index in [0.29, 0.717) is 11.3 Å². The van der Waals surface area contributed by atoms with Crippen molar-refractivity contribution in [3.05, 3.63) is 103 Å². The highest BCUT2D eigenvalue weighted by Gasteiger charge is 2.42. The Balaban J connectivity index is 0.000000175. The van der Waals surface area contributed by atoms with E-state index in [1.807, 2.05) is 23.1 Å². The summed E-state index contributed by atoms with van der Waals surface area (Å²) in [5, 5.41) is 8.38. The molecule has 4 aromatic heterocycles. The number of pyridine rings is 1. The van der Waals surface area contributed by atoms with Crippen molar-refractivity contribution in [1.82, 2.24) is 29.2 Å². The van der Waals surface area contributed by atoms with Gasteiger partial charge in [0.05, 0.1) is 11.9 Å². The summed E-state index contributed by atoms with van der Waals surface area (Å²) in [6.07, 6.45) is 14.0. The van der Waals surface area contributed by atoms with Gasteiger partial charge in [-0.15, -0.1) is 0 Å². The van der Waals surface area contributed by atoms with Gasteiger partial charge in [-0.3, -0.25) is 4.79 Å². The highest BCUT2D eigenvalue weighted by Crippen LogP contribution is 2.43. The van der Waals surface area contributed by atoms with Gasteiger partial charge in [-0.2, -0.15) is 10.2 Å². The lowest BCUT2D eigenvalue weighted by atomic mass is 9.71. The summed E-state index contributed by atoms with van der Waals surface area (Å²) in [6, 6.07) is 13.1.